The van der Waals surface area contributed by atoms with Gasteiger partial charge in [-0.15, -0.1) is 13.2 Å². The molecule has 0 spiro atoms. The summed E-state index contributed by atoms with van der Waals surface area (Å²) in [4.78, 5) is 0. The van der Waals surface area contributed by atoms with Gasteiger partial charge in [-0.25, -0.2) is 0 Å². The van der Waals surface area contributed by atoms with Crippen LogP contribution in [-0.2, 0) is 12.3 Å². The van der Waals surface area contributed by atoms with Gasteiger partial charge >= 0.3 is 19.3 Å². The van der Waals surface area contributed by atoms with Gasteiger partial charge in [-0.2, -0.15) is 0 Å². The summed E-state index contributed by atoms with van der Waals surface area (Å²) < 4.78 is 17.7. The molecular formula is C22H17O3Si4. The number of rotatable bonds is 9. The van der Waals surface area contributed by atoms with E-state index in [9.17, 15) is 0 Å². The van der Waals surface area contributed by atoms with Crippen LogP contribution in [0.3, 0.4) is 0 Å². The predicted molar refractivity (Wildman–Crippen MR) is 125 cm³/mol. The number of hydrogen-bond donors (Lipinski definition) is 0. The lowest BCUT2D eigenvalue weighted by molar-refractivity contribution is 0.422. The Labute approximate surface area is 179 Å². The summed E-state index contributed by atoms with van der Waals surface area (Å²) >= 11 is 0. The summed E-state index contributed by atoms with van der Waals surface area (Å²) in [6, 6.07) is 23.6. The highest BCUT2D eigenvalue weighted by Gasteiger charge is 2.23. The molecule has 0 aliphatic rings. The van der Waals surface area contributed by atoms with Crippen LogP contribution in [0.25, 0.3) is 32.3 Å². The van der Waals surface area contributed by atoms with E-state index in [0.29, 0.717) is 0 Å². The molecule has 0 saturated carbocycles. The molecule has 4 aromatic rings. The standard InChI is InChI=1S/C22H17O3Si4/c1-3-26-23-28-25-29(24-27-4-2)21-11-7-10-16-12-13-19-14-17-8-5-6-9-18(17)15-20(19)22(16)21/h3-15H,1-2H2. The lowest BCUT2D eigenvalue weighted by Crippen LogP contribution is -2.40. The summed E-state index contributed by atoms with van der Waals surface area (Å²) in [5, 5.41) is 8.36. The Kier molecular flexibility index (Phi) is 6.67. The molecule has 0 N–H and O–H groups in total. The van der Waals surface area contributed by atoms with Gasteiger partial charge in [0, 0.05) is 5.19 Å². The van der Waals surface area contributed by atoms with Crippen molar-refractivity contribution in [3.05, 3.63) is 91.3 Å². The molecule has 0 amide bonds. The molecule has 7 heteroatoms. The first-order valence-corrected chi connectivity index (χ1v) is 13.1. The molecular weight excluding hydrogens is 425 g/mol. The Morgan fingerprint density at radius 1 is 0.724 bits per heavy atom. The van der Waals surface area contributed by atoms with Gasteiger partial charge < -0.3 is 12.3 Å². The van der Waals surface area contributed by atoms with Crippen LogP contribution in [0.4, 0.5) is 0 Å². The lowest BCUT2D eigenvalue weighted by atomic mass is 9.98. The molecule has 4 rings (SSSR count). The van der Waals surface area contributed by atoms with E-state index in [1.165, 1.54) is 32.3 Å². The van der Waals surface area contributed by atoms with Gasteiger partial charge in [0.05, 0.1) is 0 Å². The number of hydrogen-bond acceptors (Lipinski definition) is 3. The fraction of sp³-hybridized carbons (Fsp3) is 0. The number of benzene rings is 4. The molecule has 139 valence electrons. The first kappa shape index (κ1) is 20.2. The molecule has 0 unspecified atom stereocenters. The van der Waals surface area contributed by atoms with Crippen molar-refractivity contribution in [1.82, 2.24) is 0 Å². The van der Waals surface area contributed by atoms with Crippen molar-refractivity contribution in [2.45, 2.75) is 0 Å². The molecule has 4 aromatic carbocycles. The predicted octanol–water partition coefficient (Wildman–Crippen LogP) is 3.95. The highest BCUT2D eigenvalue weighted by molar-refractivity contribution is 6.73. The Bertz CT molecular complexity index is 1180. The minimum absolute atomic E-state index is 0.0798. The zero-order chi connectivity index (χ0) is 20.1. The van der Waals surface area contributed by atoms with Crippen LogP contribution in [0.15, 0.2) is 91.3 Å². The minimum atomic E-state index is -1.73. The maximum atomic E-state index is 6.10. The molecule has 0 atom stereocenters. The normalized spacial score (nSPS) is 11.5. The molecule has 0 saturated heterocycles. The van der Waals surface area contributed by atoms with E-state index in [4.69, 9.17) is 12.3 Å². The highest BCUT2D eigenvalue weighted by atomic mass is 28.4. The molecule has 0 aliphatic heterocycles. The third-order valence-electron chi connectivity index (χ3n) is 4.50. The van der Waals surface area contributed by atoms with Gasteiger partial charge in [0.15, 0.2) is 0 Å². The Hall–Kier alpha value is -2.11. The summed E-state index contributed by atoms with van der Waals surface area (Å²) in [6.45, 7) is 7.48. The monoisotopic (exact) mass is 441 g/mol. The van der Waals surface area contributed by atoms with Crippen LogP contribution in [0, 0.1) is 0 Å². The van der Waals surface area contributed by atoms with Crippen molar-refractivity contribution in [3.8, 4) is 0 Å². The molecule has 0 heterocycles. The highest BCUT2D eigenvalue weighted by Crippen LogP contribution is 2.29. The average molecular weight is 442 g/mol. The smallest absolute Gasteiger partial charge is 0.411 e. The lowest BCUT2D eigenvalue weighted by Gasteiger charge is -2.17. The maximum absolute atomic E-state index is 6.10. The molecule has 0 fully saturated rings. The van der Waals surface area contributed by atoms with Crippen LogP contribution < -0.4 is 5.19 Å². The summed E-state index contributed by atoms with van der Waals surface area (Å²) in [6.07, 6.45) is 0. The van der Waals surface area contributed by atoms with E-state index >= 15 is 0 Å². The summed E-state index contributed by atoms with van der Waals surface area (Å²) in [5.41, 5.74) is 3.52. The fourth-order valence-corrected chi connectivity index (χ4v) is 7.59. The largest absolute Gasteiger partial charge is 0.431 e. The second kappa shape index (κ2) is 9.59. The van der Waals surface area contributed by atoms with E-state index in [2.05, 4.69) is 79.9 Å². The van der Waals surface area contributed by atoms with Gasteiger partial charge in [0.2, 0.25) is 19.5 Å². The van der Waals surface area contributed by atoms with Crippen molar-refractivity contribution in [1.29, 1.82) is 0 Å². The van der Waals surface area contributed by atoms with Gasteiger partial charge in [-0.05, 0) is 44.5 Å². The van der Waals surface area contributed by atoms with Gasteiger partial charge in [-0.3, -0.25) is 0 Å². The van der Waals surface area contributed by atoms with Gasteiger partial charge in [-0.1, -0.05) is 66.0 Å². The molecule has 3 nitrogen and oxygen atoms in total. The van der Waals surface area contributed by atoms with Crippen LogP contribution in [0.5, 0.6) is 0 Å². The molecule has 0 aliphatic carbocycles. The fourth-order valence-electron chi connectivity index (χ4n) is 3.32. The average Bonchev–Trinajstić information content (AvgIpc) is 2.77. The van der Waals surface area contributed by atoms with Gasteiger partial charge in [0.25, 0.3) is 0 Å². The molecule has 0 aromatic heterocycles. The maximum Gasteiger partial charge on any atom is 0.411 e. The van der Waals surface area contributed by atoms with Crippen molar-refractivity contribution in [2.24, 2.45) is 0 Å². The zero-order valence-corrected chi connectivity index (χ0v) is 19.6. The molecule has 7 radical (unpaired) electrons. The van der Waals surface area contributed by atoms with E-state index in [0.717, 1.165) is 5.19 Å². The third-order valence-corrected chi connectivity index (χ3v) is 8.78. The number of fused-ring (bicyclic) bond motifs is 4. The van der Waals surface area contributed by atoms with E-state index in [1.807, 2.05) is 0 Å². The van der Waals surface area contributed by atoms with Gasteiger partial charge in [0.1, 0.15) is 0 Å². The third kappa shape index (κ3) is 4.41. The second-order valence-corrected chi connectivity index (χ2v) is 11.2. The van der Waals surface area contributed by atoms with E-state index in [1.54, 1.807) is 11.4 Å². The van der Waals surface area contributed by atoms with Crippen LogP contribution in [-0.4, -0.2) is 38.8 Å². The van der Waals surface area contributed by atoms with Crippen molar-refractivity contribution in [3.63, 3.8) is 0 Å². The van der Waals surface area contributed by atoms with Crippen LogP contribution in [0.2, 0.25) is 0 Å². The van der Waals surface area contributed by atoms with Crippen LogP contribution in [0.1, 0.15) is 0 Å². The first-order chi connectivity index (χ1) is 14.3. The van der Waals surface area contributed by atoms with Crippen molar-refractivity contribution < 1.29 is 12.3 Å². The Morgan fingerprint density at radius 3 is 2.24 bits per heavy atom. The van der Waals surface area contributed by atoms with Crippen molar-refractivity contribution >= 4 is 76.3 Å². The summed E-state index contributed by atoms with van der Waals surface area (Å²) in [5.74, 6) is 0. The molecule has 0 bridgehead atoms. The SMILES string of the molecule is C=C[Si]O[Si]O[Si](O[Si]C=C)c1cccc2ccc3cc4ccccc4cc3c12. The molecule has 29 heavy (non-hydrogen) atoms. The quantitative estimate of drug-likeness (QED) is 0.170. The Morgan fingerprint density at radius 2 is 1.45 bits per heavy atom. The topological polar surface area (TPSA) is 27.7 Å². The first-order valence-electron chi connectivity index (χ1n) is 9.01. The Balaban J connectivity index is 1.86. The summed E-state index contributed by atoms with van der Waals surface area (Å²) in [7, 11) is -1.41. The second-order valence-electron chi connectivity index (χ2n) is 6.21. The zero-order valence-electron chi connectivity index (χ0n) is 15.6. The van der Waals surface area contributed by atoms with Crippen molar-refractivity contribution in [2.75, 3.05) is 0 Å². The van der Waals surface area contributed by atoms with E-state index in [-0.39, 0.29) is 29.5 Å². The minimum Gasteiger partial charge on any atom is -0.431 e. The van der Waals surface area contributed by atoms with E-state index < -0.39 is 9.28 Å². The van der Waals surface area contributed by atoms with Crippen LogP contribution >= 0.6 is 0 Å².